The van der Waals surface area contributed by atoms with E-state index in [2.05, 4.69) is 20.8 Å². The van der Waals surface area contributed by atoms with Gasteiger partial charge in [0.25, 0.3) is 0 Å². The predicted molar refractivity (Wildman–Crippen MR) is 78.4 cm³/mol. The maximum absolute atomic E-state index is 9.98. The smallest absolute Gasteiger partial charge is 0.0672 e. The van der Waals surface area contributed by atoms with Gasteiger partial charge in [-0.3, -0.25) is 0 Å². The highest BCUT2D eigenvalue weighted by Crippen LogP contribution is 2.28. The van der Waals surface area contributed by atoms with Crippen molar-refractivity contribution in [3.8, 4) is 0 Å². The molecule has 1 atom stereocenters. The van der Waals surface area contributed by atoms with Crippen molar-refractivity contribution in [1.29, 1.82) is 0 Å². The molecule has 17 heavy (non-hydrogen) atoms. The van der Waals surface area contributed by atoms with Crippen LogP contribution in [0.15, 0.2) is 18.2 Å². The molecule has 0 heterocycles. The molecule has 0 aliphatic heterocycles. The van der Waals surface area contributed by atoms with E-state index in [-0.39, 0.29) is 4.75 Å². The summed E-state index contributed by atoms with van der Waals surface area (Å²) in [5.74, 6) is 0.686. The molecule has 96 valence electrons. The second kappa shape index (κ2) is 6.33. The minimum Gasteiger partial charge on any atom is -0.392 e. The minimum absolute atomic E-state index is 0.158. The Hall–Kier alpha value is 0.110. The lowest BCUT2D eigenvalue weighted by Gasteiger charge is -2.20. The molecule has 0 spiro atoms. The highest BCUT2D eigenvalue weighted by Gasteiger charge is 2.16. The van der Waals surface area contributed by atoms with Crippen LogP contribution in [-0.2, 0) is 6.42 Å². The zero-order valence-corrected chi connectivity index (χ0v) is 12.7. The molecule has 0 aliphatic carbocycles. The van der Waals surface area contributed by atoms with Crippen molar-refractivity contribution in [2.45, 2.75) is 38.0 Å². The molecule has 0 amide bonds. The van der Waals surface area contributed by atoms with Gasteiger partial charge in [0.2, 0.25) is 0 Å². The lowest BCUT2D eigenvalue weighted by molar-refractivity contribution is 0.200. The van der Waals surface area contributed by atoms with E-state index in [9.17, 15) is 5.11 Å². The van der Waals surface area contributed by atoms with Gasteiger partial charge in [-0.15, -0.1) is 0 Å². The van der Waals surface area contributed by atoms with E-state index in [1.54, 1.807) is 23.9 Å². The third-order valence-electron chi connectivity index (χ3n) is 2.21. The van der Waals surface area contributed by atoms with Crippen molar-refractivity contribution in [3.63, 3.8) is 0 Å². The van der Waals surface area contributed by atoms with Crippen LogP contribution in [0.3, 0.4) is 0 Å². The summed E-state index contributed by atoms with van der Waals surface area (Å²) in [5.41, 5.74) is 0.831. The van der Waals surface area contributed by atoms with Crippen LogP contribution in [0.2, 0.25) is 10.0 Å². The molecule has 4 heteroatoms. The number of aliphatic hydroxyl groups excluding tert-OH is 1. The number of rotatable bonds is 4. The molecule has 0 aromatic heterocycles. The Kier molecular flexibility index (Phi) is 5.65. The average Bonchev–Trinajstić information content (AvgIpc) is 2.20. The van der Waals surface area contributed by atoms with Crippen LogP contribution < -0.4 is 0 Å². The van der Waals surface area contributed by atoms with Crippen LogP contribution in [0.1, 0.15) is 26.3 Å². The first-order chi connectivity index (χ1) is 7.79. The maximum Gasteiger partial charge on any atom is 0.0672 e. The molecule has 0 saturated carbocycles. The molecule has 0 fully saturated rings. The van der Waals surface area contributed by atoms with Crippen molar-refractivity contribution < 1.29 is 5.11 Å². The fourth-order valence-corrected chi connectivity index (χ4v) is 2.73. The molecular formula is C13H18Cl2OS. The van der Waals surface area contributed by atoms with Crippen LogP contribution in [0.25, 0.3) is 0 Å². The summed E-state index contributed by atoms with van der Waals surface area (Å²) in [6.45, 7) is 6.40. The van der Waals surface area contributed by atoms with E-state index in [1.807, 2.05) is 6.07 Å². The van der Waals surface area contributed by atoms with Crippen molar-refractivity contribution in [2.24, 2.45) is 0 Å². The molecule has 1 unspecified atom stereocenters. The van der Waals surface area contributed by atoms with Gasteiger partial charge in [0.1, 0.15) is 0 Å². The standard InChI is InChI=1S/C13H18Cl2OS/c1-13(2,3)17-8-9(16)7-10-11(14)5-4-6-12(10)15/h4-6,9,16H,7-8H2,1-3H3. The molecule has 0 saturated heterocycles. The van der Waals surface area contributed by atoms with Gasteiger partial charge in [-0.05, 0) is 17.7 Å². The Morgan fingerprint density at radius 3 is 2.24 bits per heavy atom. The van der Waals surface area contributed by atoms with E-state index in [1.165, 1.54) is 0 Å². The number of hydrogen-bond donors (Lipinski definition) is 1. The number of benzene rings is 1. The Labute approximate surface area is 118 Å². The number of hydrogen-bond acceptors (Lipinski definition) is 2. The highest BCUT2D eigenvalue weighted by atomic mass is 35.5. The van der Waals surface area contributed by atoms with Gasteiger partial charge >= 0.3 is 0 Å². The average molecular weight is 293 g/mol. The van der Waals surface area contributed by atoms with E-state index in [4.69, 9.17) is 23.2 Å². The number of thioether (sulfide) groups is 1. The molecule has 1 aromatic carbocycles. The summed E-state index contributed by atoms with van der Waals surface area (Å²) in [6, 6.07) is 5.41. The van der Waals surface area contributed by atoms with E-state index in [0.717, 1.165) is 5.56 Å². The Bertz CT molecular complexity index is 354. The normalized spacial score (nSPS) is 13.8. The summed E-state index contributed by atoms with van der Waals surface area (Å²) >= 11 is 13.9. The first kappa shape index (κ1) is 15.2. The maximum atomic E-state index is 9.98. The number of halogens is 2. The van der Waals surface area contributed by atoms with Gasteiger partial charge in [0, 0.05) is 27.0 Å². The summed E-state index contributed by atoms with van der Waals surface area (Å²) in [5, 5.41) is 11.2. The van der Waals surface area contributed by atoms with Crippen molar-refractivity contribution in [2.75, 3.05) is 5.75 Å². The first-order valence-corrected chi connectivity index (χ1v) is 7.28. The molecule has 1 aromatic rings. The zero-order chi connectivity index (χ0) is 13.1. The van der Waals surface area contributed by atoms with Crippen LogP contribution in [0, 0.1) is 0 Å². The van der Waals surface area contributed by atoms with E-state index >= 15 is 0 Å². The highest BCUT2D eigenvalue weighted by molar-refractivity contribution is 8.00. The lowest BCUT2D eigenvalue weighted by Crippen LogP contribution is -2.19. The van der Waals surface area contributed by atoms with Gasteiger partial charge in [0.05, 0.1) is 6.10 Å². The van der Waals surface area contributed by atoms with Gasteiger partial charge in [-0.25, -0.2) is 0 Å². The second-order valence-corrected chi connectivity index (χ2v) is 7.64. The van der Waals surface area contributed by atoms with E-state index in [0.29, 0.717) is 22.2 Å². The Morgan fingerprint density at radius 2 is 1.76 bits per heavy atom. The van der Waals surface area contributed by atoms with E-state index < -0.39 is 6.10 Å². The van der Waals surface area contributed by atoms with Gasteiger partial charge in [-0.2, -0.15) is 11.8 Å². The Morgan fingerprint density at radius 1 is 1.24 bits per heavy atom. The Balaban J connectivity index is 2.59. The zero-order valence-electron chi connectivity index (χ0n) is 10.3. The summed E-state index contributed by atoms with van der Waals surface area (Å²) < 4.78 is 0.158. The number of aliphatic hydroxyl groups is 1. The topological polar surface area (TPSA) is 20.2 Å². The van der Waals surface area contributed by atoms with Crippen LogP contribution in [-0.4, -0.2) is 21.7 Å². The van der Waals surface area contributed by atoms with Crippen molar-refractivity contribution in [1.82, 2.24) is 0 Å². The fraction of sp³-hybridized carbons (Fsp3) is 0.538. The summed E-state index contributed by atoms with van der Waals surface area (Å²) in [6.07, 6.45) is 0.0818. The molecule has 0 aliphatic rings. The first-order valence-electron chi connectivity index (χ1n) is 5.54. The molecule has 0 bridgehead atoms. The largest absolute Gasteiger partial charge is 0.392 e. The fourth-order valence-electron chi connectivity index (χ4n) is 1.37. The monoisotopic (exact) mass is 292 g/mol. The van der Waals surface area contributed by atoms with Gasteiger partial charge < -0.3 is 5.11 Å². The lowest BCUT2D eigenvalue weighted by atomic mass is 10.1. The van der Waals surface area contributed by atoms with Gasteiger partial charge in [0.15, 0.2) is 0 Å². The molecule has 0 radical (unpaired) electrons. The third-order valence-corrected chi connectivity index (χ3v) is 4.34. The second-order valence-electron chi connectivity index (χ2n) is 4.98. The predicted octanol–water partition coefficient (Wildman–Crippen LogP) is 4.43. The summed E-state index contributed by atoms with van der Waals surface area (Å²) in [7, 11) is 0. The van der Waals surface area contributed by atoms with Gasteiger partial charge in [-0.1, -0.05) is 50.0 Å². The molecule has 1 nitrogen and oxygen atoms in total. The van der Waals surface area contributed by atoms with Crippen LogP contribution in [0.5, 0.6) is 0 Å². The SMILES string of the molecule is CC(C)(C)SCC(O)Cc1c(Cl)cccc1Cl. The molecule has 1 rings (SSSR count). The van der Waals surface area contributed by atoms with Crippen LogP contribution in [0.4, 0.5) is 0 Å². The van der Waals surface area contributed by atoms with Crippen LogP contribution >= 0.6 is 35.0 Å². The molecule has 1 N–H and O–H groups in total. The minimum atomic E-state index is -0.420. The summed E-state index contributed by atoms with van der Waals surface area (Å²) in [4.78, 5) is 0. The molecular weight excluding hydrogens is 275 g/mol. The quantitative estimate of drug-likeness (QED) is 0.886. The van der Waals surface area contributed by atoms with Crippen molar-refractivity contribution >= 4 is 35.0 Å². The van der Waals surface area contributed by atoms with Crippen molar-refractivity contribution in [3.05, 3.63) is 33.8 Å². The third kappa shape index (κ3) is 5.52.